The smallest absolute Gasteiger partial charge is 0.234 e. The number of carbonyl (C=O) groups excluding carboxylic acids is 1. The van der Waals surface area contributed by atoms with E-state index >= 15 is 0 Å². The lowest BCUT2D eigenvalue weighted by Crippen LogP contribution is -2.14. The molecule has 0 aliphatic carbocycles. The first-order chi connectivity index (χ1) is 16.0. The Labute approximate surface area is 199 Å². The van der Waals surface area contributed by atoms with Gasteiger partial charge < -0.3 is 10.1 Å². The molecule has 0 fully saturated rings. The summed E-state index contributed by atoms with van der Waals surface area (Å²) in [7, 11) is 0. The summed E-state index contributed by atoms with van der Waals surface area (Å²) in [6, 6.07) is 17.2. The predicted octanol–water partition coefficient (Wildman–Crippen LogP) is 5.84. The fraction of sp³-hybridized carbons (Fsp3) is 0.167. The van der Waals surface area contributed by atoms with Gasteiger partial charge in [-0.05, 0) is 74.5 Å². The molecule has 0 unspecified atom stereocenters. The number of amides is 1. The summed E-state index contributed by atoms with van der Waals surface area (Å²) in [4.78, 5) is 17.7. The Morgan fingerprint density at radius 1 is 1.06 bits per heavy atom. The second kappa shape index (κ2) is 10.5. The van der Waals surface area contributed by atoms with Crippen LogP contribution >= 0.6 is 23.1 Å². The molecule has 0 spiro atoms. The van der Waals surface area contributed by atoms with Crippen molar-refractivity contribution in [3.63, 3.8) is 0 Å². The van der Waals surface area contributed by atoms with Gasteiger partial charge in [0.25, 0.3) is 0 Å². The molecule has 1 N–H and O–H groups in total. The number of rotatable bonds is 8. The van der Waals surface area contributed by atoms with Crippen molar-refractivity contribution in [1.29, 1.82) is 0 Å². The van der Waals surface area contributed by atoms with Crippen molar-refractivity contribution in [1.82, 2.24) is 15.2 Å². The average Bonchev–Trinajstić information content (AvgIpc) is 3.21. The van der Waals surface area contributed by atoms with Crippen LogP contribution in [0.2, 0.25) is 0 Å². The third kappa shape index (κ3) is 5.94. The first-order valence-corrected chi connectivity index (χ1v) is 12.0. The Morgan fingerprint density at radius 2 is 1.82 bits per heavy atom. The van der Waals surface area contributed by atoms with Gasteiger partial charge in [0.2, 0.25) is 5.91 Å². The number of halogens is 1. The van der Waals surface area contributed by atoms with Gasteiger partial charge in [-0.3, -0.25) is 4.79 Å². The molecule has 0 aliphatic heterocycles. The molecular formula is C24H21FN4O2S2. The van der Waals surface area contributed by atoms with E-state index in [0.717, 1.165) is 26.9 Å². The molecule has 9 heteroatoms. The van der Waals surface area contributed by atoms with E-state index in [2.05, 4.69) is 20.5 Å². The number of ether oxygens (including phenoxy) is 1. The first kappa shape index (κ1) is 22.9. The molecule has 0 radical (unpaired) electrons. The molecule has 1 amide bonds. The normalized spacial score (nSPS) is 10.8. The molecule has 2 aromatic carbocycles. The number of thiazole rings is 1. The molecule has 4 aromatic rings. The number of nitrogens with zero attached hydrogens (tertiary/aromatic N) is 3. The van der Waals surface area contributed by atoms with Crippen LogP contribution in [0.4, 0.5) is 10.1 Å². The zero-order chi connectivity index (χ0) is 23.2. The van der Waals surface area contributed by atoms with Crippen molar-refractivity contribution in [3.8, 4) is 26.9 Å². The van der Waals surface area contributed by atoms with Gasteiger partial charge in [0, 0.05) is 11.3 Å². The van der Waals surface area contributed by atoms with Crippen molar-refractivity contribution < 1.29 is 13.9 Å². The fourth-order valence-electron chi connectivity index (χ4n) is 3.01. The summed E-state index contributed by atoms with van der Waals surface area (Å²) in [5.74, 6) is 0.577. The lowest BCUT2D eigenvalue weighted by atomic mass is 10.2. The van der Waals surface area contributed by atoms with Gasteiger partial charge in [-0.1, -0.05) is 11.8 Å². The third-order valence-electron chi connectivity index (χ3n) is 4.56. The molecule has 0 saturated heterocycles. The van der Waals surface area contributed by atoms with E-state index in [0.29, 0.717) is 23.0 Å². The largest absolute Gasteiger partial charge is 0.494 e. The van der Waals surface area contributed by atoms with E-state index in [1.807, 2.05) is 38.1 Å². The van der Waals surface area contributed by atoms with Crippen LogP contribution in [0.5, 0.6) is 5.75 Å². The average molecular weight is 481 g/mol. The standard InChI is InChI=1S/C24H21FN4O2S2/c1-3-31-19-10-8-18(9-11-19)27-21(30)14-32-22-13-12-20(28-29-22)23-15(2)26-24(33-23)16-4-6-17(25)7-5-16/h4-13H,3,14H2,1-2H3,(H,27,30). The summed E-state index contributed by atoms with van der Waals surface area (Å²) in [6.07, 6.45) is 0. The van der Waals surface area contributed by atoms with Crippen molar-refractivity contribution in [2.45, 2.75) is 18.9 Å². The second-order valence-electron chi connectivity index (χ2n) is 6.99. The molecule has 168 valence electrons. The number of nitrogens with one attached hydrogen (secondary N) is 1. The second-order valence-corrected chi connectivity index (χ2v) is 8.99. The number of carbonyl (C=O) groups is 1. The van der Waals surface area contributed by atoms with Crippen LogP contribution in [0.15, 0.2) is 65.7 Å². The van der Waals surface area contributed by atoms with E-state index in [1.54, 1.807) is 24.3 Å². The van der Waals surface area contributed by atoms with Crippen molar-refractivity contribution in [3.05, 3.63) is 72.2 Å². The summed E-state index contributed by atoms with van der Waals surface area (Å²) in [5, 5.41) is 12.9. The number of aryl methyl sites for hydroxylation is 1. The Bertz CT molecular complexity index is 1230. The molecule has 0 atom stereocenters. The lowest BCUT2D eigenvalue weighted by Gasteiger charge is -2.07. The van der Waals surface area contributed by atoms with Crippen molar-refractivity contribution in [2.75, 3.05) is 17.7 Å². The van der Waals surface area contributed by atoms with Crippen LogP contribution < -0.4 is 10.1 Å². The maximum atomic E-state index is 13.2. The highest BCUT2D eigenvalue weighted by Crippen LogP contribution is 2.34. The molecule has 0 bridgehead atoms. The molecule has 0 saturated carbocycles. The number of thioether (sulfide) groups is 1. The Kier molecular flexibility index (Phi) is 7.31. The topological polar surface area (TPSA) is 77.0 Å². The minimum atomic E-state index is -0.278. The van der Waals surface area contributed by atoms with E-state index in [-0.39, 0.29) is 17.5 Å². The summed E-state index contributed by atoms with van der Waals surface area (Å²) in [5.41, 5.74) is 3.11. The third-order valence-corrected chi connectivity index (χ3v) is 6.71. The highest BCUT2D eigenvalue weighted by atomic mass is 32.2. The van der Waals surface area contributed by atoms with Crippen molar-refractivity contribution in [2.24, 2.45) is 0 Å². The minimum Gasteiger partial charge on any atom is -0.494 e. The van der Waals surface area contributed by atoms with Crippen LogP contribution in [-0.4, -0.2) is 33.4 Å². The zero-order valence-electron chi connectivity index (χ0n) is 18.0. The molecule has 6 nitrogen and oxygen atoms in total. The van der Waals surface area contributed by atoms with E-state index < -0.39 is 0 Å². The minimum absolute atomic E-state index is 0.128. The fourth-order valence-corrected chi connectivity index (χ4v) is 4.66. The lowest BCUT2D eigenvalue weighted by molar-refractivity contribution is -0.113. The highest BCUT2D eigenvalue weighted by molar-refractivity contribution is 7.99. The number of hydrogen-bond donors (Lipinski definition) is 1. The Morgan fingerprint density at radius 3 is 2.48 bits per heavy atom. The van der Waals surface area contributed by atoms with E-state index in [4.69, 9.17) is 4.74 Å². The number of hydrogen-bond acceptors (Lipinski definition) is 7. The molecule has 4 rings (SSSR count). The molecule has 0 aliphatic rings. The SMILES string of the molecule is CCOc1ccc(NC(=O)CSc2ccc(-c3sc(-c4ccc(F)cc4)nc3C)nn2)cc1. The monoisotopic (exact) mass is 480 g/mol. The van der Waals surface area contributed by atoms with Crippen LogP contribution in [0, 0.1) is 12.7 Å². The Hall–Kier alpha value is -3.30. The van der Waals surface area contributed by atoms with Gasteiger partial charge in [-0.25, -0.2) is 9.37 Å². The van der Waals surface area contributed by atoms with E-state index in [1.165, 1.54) is 35.2 Å². The van der Waals surface area contributed by atoms with Gasteiger partial charge in [0.1, 0.15) is 27.3 Å². The summed E-state index contributed by atoms with van der Waals surface area (Å²) >= 11 is 2.80. The number of anilines is 1. The number of aromatic nitrogens is 3. The molecule has 2 heterocycles. The number of benzene rings is 2. The quantitative estimate of drug-likeness (QED) is 0.319. The summed E-state index contributed by atoms with van der Waals surface area (Å²) in [6.45, 7) is 4.43. The van der Waals surface area contributed by atoms with Gasteiger partial charge >= 0.3 is 0 Å². The predicted molar refractivity (Wildman–Crippen MR) is 130 cm³/mol. The van der Waals surface area contributed by atoms with Gasteiger partial charge in [-0.15, -0.1) is 21.5 Å². The maximum absolute atomic E-state index is 13.2. The summed E-state index contributed by atoms with van der Waals surface area (Å²) < 4.78 is 18.6. The maximum Gasteiger partial charge on any atom is 0.234 e. The molecule has 2 aromatic heterocycles. The van der Waals surface area contributed by atoms with Gasteiger partial charge in [0.05, 0.1) is 22.9 Å². The van der Waals surface area contributed by atoms with Crippen LogP contribution in [-0.2, 0) is 4.79 Å². The Balaban J connectivity index is 1.35. The van der Waals surface area contributed by atoms with E-state index in [9.17, 15) is 9.18 Å². The van der Waals surface area contributed by atoms with Crippen LogP contribution in [0.1, 0.15) is 12.6 Å². The highest BCUT2D eigenvalue weighted by Gasteiger charge is 2.14. The first-order valence-electron chi connectivity index (χ1n) is 10.2. The van der Waals surface area contributed by atoms with Crippen LogP contribution in [0.3, 0.4) is 0 Å². The van der Waals surface area contributed by atoms with Crippen LogP contribution in [0.25, 0.3) is 21.1 Å². The molecule has 33 heavy (non-hydrogen) atoms. The van der Waals surface area contributed by atoms with Gasteiger partial charge in [0.15, 0.2) is 0 Å². The van der Waals surface area contributed by atoms with Crippen molar-refractivity contribution >= 4 is 34.7 Å². The zero-order valence-corrected chi connectivity index (χ0v) is 19.7. The van der Waals surface area contributed by atoms with Gasteiger partial charge in [-0.2, -0.15) is 0 Å². The molecular weight excluding hydrogens is 459 g/mol.